The van der Waals surface area contributed by atoms with Crippen LogP contribution in [-0.4, -0.2) is 57.9 Å². The minimum absolute atomic E-state index is 0.0577. The van der Waals surface area contributed by atoms with Gasteiger partial charge in [-0.2, -0.15) is 5.10 Å². The van der Waals surface area contributed by atoms with Crippen molar-refractivity contribution in [1.29, 1.82) is 0 Å². The molecule has 3 aromatic rings. The Labute approximate surface area is 186 Å². The summed E-state index contributed by atoms with van der Waals surface area (Å²) in [6, 6.07) is 18.3. The third kappa shape index (κ3) is 2.96. The number of rotatable bonds is 5. The number of likely N-dealkylation sites (tertiary alicyclic amines) is 1. The molecule has 3 saturated heterocycles. The summed E-state index contributed by atoms with van der Waals surface area (Å²) in [6.45, 7) is 2.25. The van der Waals surface area contributed by atoms with E-state index in [0.717, 1.165) is 47.6 Å². The number of nitrogens with one attached hydrogen (secondary N) is 1. The molecule has 164 valence electrons. The second kappa shape index (κ2) is 7.46. The molecule has 3 aliphatic heterocycles. The van der Waals surface area contributed by atoms with Crippen molar-refractivity contribution in [2.75, 3.05) is 20.2 Å². The Morgan fingerprint density at radius 2 is 2.00 bits per heavy atom. The SMILES string of the molecule is COc1ccc(-c2[nH]ncc2CN2CC[C@@]34O[C@@H](c5ccccc5)CN3C(=O)C[C@@H]24)cc1. The Morgan fingerprint density at radius 1 is 1.19 bits per heavy atom. The summed E-state index contributed by atoms with van der Waals surface area (Å²) in [7, 11) is 1.67. The molecule has 2 aromatic carbocycles. The topological polar surface area (TPSA) is 70.7 Å². The van der Waals surface area contributed by atoms with Crippen LogP contribution in [0.5, 0.6) is 5.75 Å². The third-order valence-electron chi connectivity index (χ3n) is 7.18. The Kier molecular flexibility index (Phi) is 4.55. The van der Waals surface area contributed by atoms with Gasteiger partial charge in [0.2, 0.25) is 5.91 Å². The molecule has 6 rings (SSSR count). The number of aromatic nitrogens is 2. The Bertz CT molecular complexity index is 1130. The second-order valence-corrected chi connectivity index (χ2v) is 8.81. The van der Waals surface area contributed by atoms with E-state index in [9.17, 15) is 4.79 Å². The number of nitrogens with zero attached hydrogens (tertiary/aromatic N) is 3. The summed E-state index contributed by atoms with van der Waals surface area (Å²) in [5.41, 5.74) is 3.82. The normalized spacial score (nSPS) is 27.0. The highest BCUT2D eigenvalue weighted by atomic mass is 16.5. The van der Waals surface area contributed by atoms with Crippen molar-refractivity contribution >= 4 is 5.91 Å². The van der Waals surface area contributed by atoms with Gasteiger partial charge >= 0.3 is 0 Å². The van der Waals surface area contributed by atoms with E-state index in [1.807, 2.05) is 53.6 Å². The molecule has 1 N–H and O–H groups in total. The zero-order valence-corrected chi connectivity index (χ0v) is 18.0. The van der Waals surface area contributed by atoms with Crippen molar-refractivity contribution < 1.29 is 14.3 Å². The van der Waals surface area contributed by atoms with E-state index in [1.54, 1.807) is 7.11 Å². The van der Waals surface area contributed by atoms with Gasteiger partial charge in [-0.25, -0.2) is 0 Å². The molecule has 1 aromatic heterocycles. The van der Waals surface area contributed by atoms with Crippen molar-refractivity contribution in [3.63, 3.8) is 0 Å². The van der Waals surface area contributed by atoms with Crippen molar-refractivity contribution in [2.24, 2.45) is 0 Å². The lowest BCUT2D eigenvalue weighted by Gasteiger charge is -2.32. The van der Waals surface area contributed by atoms with E-state index in [-0.39, 0.29) is 18.1 Å². The number of hydrogen-bond donors (Lipinski definition) is 1. The molecule has 0 aliphatic carbocycles. The molecule has 0 saturated carbocycles. The molecular weight excluding hydrogens is 404 g/mol. The highest BCUT2D eigenvalue weighted by Crippen LogP contribution is 2.51. The van der Waals surface area contributed by atoms with Gasteiger partial charge in [-0.05, 0) is 29.8 Å². The zero-order valence-electron chi connectivity index (χ0n) is 18.0. The highest BCUT2D eigenvalue weighted by molar-refractivity contribution is 5.81. The lowest BCUT2D eigenvalue weighted by molar-refractivity contribution is -0.138. The average Bonchev–Trinajstić information content (AvgIpc) is 3.58. The van der Waals surface area contributed by atoms with Crippen LogP contribution in [0.1, 0.15) is 30.1 Å². The minimum Gasteiger partial charge on any atom is -0.497 e. The number of methoxy groups -OCH3 is 1. The number of amides is 1. The van der Waals surface area contributed by atoms with Crippen molar-refractivity contribution in [2.45, 2.75) is 37.3 Å². The van der Waals surface area contributed by atoms with E-state index in [4.69, 9.17) is 9.47 Å². The summed E-state index contributed by atoms with van der Waals surface area (Å²) in [5, 5.41) is 7.46. The standard InChI is InChI=1S/C25H26N4O3/c1-31-20-9-7-18(8-10-20)24-19(14-26-27-24)15-28-12-11-25-22(28)13-23(30)29(25)16-21(32-25)17-5-3-2-4-6-17/h2-10,14,21-22H,11-13,15-16H2,1H3,(H,26,27)/t21-,22-,25+/m1/s1. The van der Waals surface area contributed by atoms with Crippen molar-refractivity contribution in [1.82, 2.24) is 20.0 Å². The third-order valence-corrected chi connectivity index (χ3v) is 7.18. The maximum absolute atomic E-state index is 12.9. The van der Waals surface area contributed by atoms with E-state index in [1.165, 1.54) is 0 Å². The zero-order chi connectivity index (χ0) is 21.7. The number of benzene rings is 2. The molecular formula is C25H26N4O3. The number of H-pyrrole nitrogens is 1. The molecule has 0 bridgehead atoms. The van der Waals surface area contributed by atoms with E-state index >= 15 is 0 Å². The molecule has 3 aliphatic rings. The fourth-order valence-electron chi connectivity index (χ4n) is 5.60. The van der Waals surface area contributed by atoms with Crippen molar-refractivity contribution in [3.05, 3.63) is 71.9 Å². The summed E-state index contributed by atoms with van der Waals surface area (Å²) < 4.78 is 11.9. The smallest absolute Gasteiger partial charge is 0.226 e. The lowest BCUT2D eigenvalue weighted by atomic mass is 10.0. The van der Waals surface area contributed by atoms with Gasteiger partial charge in [0.25, 0.3) is 0 Å². The summed E-state index contributed by atoms with van der Waals surface area (Å²) >= 11 is 0. The van der Waals surface area contributed by atoms with Crippen LogP contribution in [-0.2, 0) is 16.1 Å². The first-order valence-corrected chi connectivity index (χ1v) is 11.1. The van der Waals surface area contributed by atoms with Crippen LogP contribution in [0.2, 0.25) is 0 Å². The van der Waals surface area contributed by atoms with Crippen LogP contribution < -0.4 is 4.74 Å². The van der Waals surface area contributed by atoms with Crippen molar-refractivity contribution in [3.8, 4) is 17.0 Å². The monoisotopic (exact) mass is 430 g/mol. The first kappa shape index (κ1) is 19.5. The molecule has 0 radical (unpaired) electrons. The number of carbonyl (C=O) groups is 1. The predicted octanol–water partition coefficient (Wildman–Crippen LogP) is 3.36. The molecule has 3 fully saturated rings. The molecule has 1 amide bonds. The number of carbonyl (C=O) groups excluding carboxylic acids is 1. The largest absolute Gasteiger partial charge is 0.497 e. The molecule has 32 heavy (non-hydrogen) atoms. The van der Waals surface area contributed by atoms with Gasteiger partial charge in [-0.15, -0.1) is 0 Å². The van der Waals surface area contributed by atoms with Crippen LogP contribution >= 0.6 is 0 Å². The summed E-state index contributed by atoms with van der Waals surface area (Å²) in [6.07, 6.45) is 3.17. The maximum atomic E-state index is 12.9. The fourth-order valence-corrected chi connectivity index (χ4v) is 5.60. The highest BCUT2D eigenvalue weighted by Gasteiger charge is 2.63. The Morgan fingerprint density at radius 3 is 2.78 bits per heavy atom. The first-order valence-electron chi connectivity index (χ1n) is 11.1. The number of hydrogen-bond acceptors (Lipinski definition) is 5. The van der Waals surface area contributed by atoms with E-state index in [0.29, 0.717) is 13.0 Å². The average molecular weight is 431 g/mol. The predicted molar refractivity (Wildman–Crippen MR) is 119 cm³/mol. The minimum atomic E-state index is -0.512. The van der Waals surface area contributed by atoms with Crippen LogP contribution in [0, 0.1) is 0 Å². The van der Waals surface area contributed by atoms with Gasteiger partial charge in [0.05, 0.1) is 31.6 Å². The second-order valence-electron chi connectivity index (χ2n) is 8.81. The van der Waals surface area contributed by atoms with Crippen LogP contribution in [0.4, 0.5) is 0 Å². The molecule has 3 atom stereocenters. The first-order chi connectivity index (χ1) is 15.7. The molecule has 4 heterocycles. The maximum Gasteiger partial charge on any atom is 0.226 e. The van der Waals surface area contributed by atoms with Gasteiger partial charge in [0.1, 0.15) is 11.9 Å². The van der Waals surface area contributed by atoms with Gasteiger partial charge in [-0.3, -0.25) is 14.8 Å². The van der Waals surface area contributed by atoms with Crippen LogP contribution in [0.15, 0.2) is 60.8 Å². The van der Waals surface area contributed by atoms with Gasteiger partial charge < -0.3 is 14.4 Å². The summed E-state index contributed by atoms with van der Waals surface area (Å²) in [4.78, 5) is 17.3. The molecule has 7 heteroatoms. The van der Waals surface area contributed by atoms with Gasteiger partial charge in [0.15, 0.2) is 5.72 Å². The van der Waals surface area contributed by atoms with Crippen LogP contribution in [0.25, 0.3) is 11.3 Å². The Balaban J connectivity index is 1.24. The number of ether oxygens (including phenoxy) is 2. The molecule has 0 unspecified atom stereocenters. The molecule has 7 nitrogen and oxygen atoms in total. The fraction of sp³-hybridized carbons (Fsp3) is 0.360. The lowest BCUT2D eigenvalue weighted by Crippen LogP contribution is -2.47. The molecule has 1 spiro atoms. The van der Waals surface area contributed by atoms with E-state index < -0.39 is 5.72 Å². The number of aromatic amines is 1. The quantitative estimate of drug-likeness (QED) is 0.672. The van der Waals surface area contributed by atoms with E-state index in [2.05, 4.69) is 27.2 Å². The Hall–Kier alpha value is -3.16. The van der Waals surface area contributed by atoms with Crippen LogP contribution in [0.3, 0.4) is 0 Å². The summed E-state index contributed by atoms with van der Waals surface area (Å²) in [5.74, 6) is 1.02. The van der Waals surface area contributed by atoms with Gasteiger partial charge in [-0.1, -0.05) is 30.3 Å². The van der Waals surface area contributed by atoms with Gasteiger partial charge in [0, 0.05) is 37.1 Å².